The van der Waals surface area contributed by atoms with Crippen LogP contribution in [-0.4, -0.2) is 9.55 Å². The topological polar surface area (TPSA) is 43.8 Å². The highest BCUT2D eigenvalue weighted by Crippen LogP contribution is 2.23. The van der Waals surface area contributed by atoms with Crippen LogP contribution in [0.15, 0.2) is 29.0 Å². The normalized spacial score (nSPS) is 11.3. The molecule has 0 radical (unpaired) electrons. The van der Waals surface area contributed by atoms with E-state index < -0.39 is 0 Å². The summed E-state index contributed by atoms with van der Waals surface area (Å²) in [5, 5.41) is 4.41. The first kappa shape index (κ1) is 12.2. The smallest absolute Gasteiger partial charge is 0.109 e. The van der Waals surface area contributed by atoms with Gasteiger partial charge in [-0.1, -0.05) is 6.92 Å². The van der Waals surface area contributed by atoms with Crippen LogP contribution in [0.2, 0.25) is 0 Å². The second-order valence-electron chi connectivity index (χ2n) is 4.80. The fourth-order valence-corrected chi connectivity index (χ4v) is 3.21. The molecule has 4 heteroatoms. The average Bonchev–Trinajstić information content (AvgIpc) is 2.94. The first-order valence-electron chi connectivity index (χ1n) is 6.45. The maximum atomic E-state index is 5.84. The summed E-state index contributed by atoms with van der Waals surface area (Å²) in [6.07, 6.45) is 0.928. The number of aromatic nitrogens is 2. The molecular weight excluding hydrogens is 254 g/mol. The standard InChI is InChI=1S/C15H17N3S/c1-3-15-17-13-6-12(16)4-5-14(13)18(15)7-11-9-19-8-10(11)2/h4-6,8-9H,3,7,16H2,1-2H3. The van der Waals surface area contributed by atoms with Crippen LogP contribution in [0.5, 0.6) is 0 Å². The number of rotatable bonds is 3. The van der Waals surface area contributed by atoms with Crippen LogP contribution in [0.4, 0.5) is 5.69 Å². The van der Waals surface area contributed by atoms with Crippen LogP contribution in [0.3, 0.4) is 0 Å². The molecule has 0 saturated heterocycles. The number of nitrogens with zero attached hydrogens (tertiary/aromatic N) is 2. The van der Waals surface area contributed by atoms with E-state index in [-0.39, 0.29) is 0 Å². The van der Waals surface area contributed by atoms with Gasteiger partial charge in [-0.25, -0.2) is 4.98 Å². The number of benzene rings is 1. The number of nitrogens with two attached hydrogens (primary N) is 1. The van der Waals surface area contributed by atoms with Crippen molar-refractivity contribution in [2.24, 2.45) is 0 Å². The Hall–Kier alpha value is -1.81. The summed E-state index contributed by atoms with van der Waals surface area (Å²) in [5.74, 6) is 1.12. The molecule has 3 aromatic rings. The minimum absolute atomic E-state index is 0.770. The van der Waals surface area contributed by atoms with Gasteiger partial charge >= 0.3 is 0 Å². The Morgan fingerprint density at radius 3 is 2.84 bits per heavy atom. The molecule has 0 bridgehead atoms. The van der Waals surface area contributed by atoms with E-state index in [0.29, 0.717) is 0 Å². The van der Waals surface area contributed by atoms with Crippen LogP contribution < -0.4 is 5.73 Å². The van der Waals surface area contributed by atoms with Crippen LogP contribution in [-0.2, 0) is 13.0 Å². The van der Waals surface area contributed by atoms with Gasteiger partial charge in [0.2, 0.25) is 0 Å². The van der Waals surface area contributed by atoms with E-state index in [0.717, 1.165) is 35.5 Å². The molecule has 0 atom stereocenters. The quantitative estimate of drug-likeness (QED) is 0.740. The minimum atomic E-state index is 0.770. The van der Waals surface area contributed by atoms with Crippen molar-refractivity contribution in [3.63, 3.8) is 0 Å². The van der Waals surface area contributed by atoms with E-state index in [1.165, 1.54) is 11.1 Å². The lowest BCUT2D eigenvalue weighted by molar-refractivity contribution is 0.752. The molecule has 3 nitrogen and oxygen atoms in total. The van der Waals surface area contributed by atoms with E-state index in [1.807, 2.05) is 12.1 Å². The number of aryl methyl sites for hydroxylation is 2. The fourth-order valence-electron chi connectivity index (χ4n) is 2.36. The van der Waals surface area contributed by atoms with Gasteiger partial charge in [0, 0.05) is 12.1 Å². The highest BCUT2D eigenvalue weighted by Gasteiger charge is 2.11. The van der Waals surface area contributed by atoms with Crippen LogP contribution >= 0.6 is 11.3 Å². The van der Waals surface area contributed by atoms with E-state index in [1.54, 1.807) is 11.3 Å². The van der Waals surface area contributed by atoms with Gasteiger partial charge in [-0.2, -0.15) is 11.3 Å². The van der Waals surface area contributed by atoms with E-state index in [9.17, 15) is 0 Å². The van der Waals surface area contributed by atoms with Crippen LogP contribution in [0, 0.1) is 6.92 Å². The van der Waals surface area contributed by atoms with Crippen LogP contribution in [0.25, 0.3) is 11.0 Å². The Bertz CT molecular complexity index is 724. The zero-order valence-electron chi connectivity index (χ0n) is 11.2. The first-order valence-corrected chi connectivity index (χ1v) is 7.39. The van der Waals surface area contributed by atoms with Crippen molar-refractivity contribution in [3.05, 3.63) is 45.9 Å². The lowest BCUT2D eigenvalue weighted by atomic mass is 10.2. The van der Waals surface area contributed by atoms with Crippen molar-refractivity contribution in [2.45, 2.75) is 26.8 Å². The second-order valence-corrected chi connectivity index (χ2v) is 5.54. The highest BCUT2D eigenvalue weighted by molar-refractivity contribution is 7.08. The Balaban J connectivity index is 2.13. The van der Waals surface area contributed by atoms with Crippen molar-refractivity contribution >= 4 is 28.1 Å². The predicted octanol–water partition coefficient (Wildman–Crippen LogP) is 3.60. The molecule has 0 spiro atoms. The first-order chi connectivity index (χ1) is 9.19. The van der Waals surface area contributed by atoms with Gasteiger partial charge in [0.15, 0.2) is 0 Å². The summed E-state index contributed by atoms with van der Waals surface area (Å²) in [6.45, 7) is 5.19. The molecule has 2 aromatic heterocycles. The van der Waals surface area contributed by atoms with Crippen molar-refractivity contribution in [1.82, 2.24) is 9.55 Å². The van der Waals surface area contributed by atoms with Gasteiger partial charge in [0.1, 0.15) is 5.82 Å². The Morgan fingerprint density at radius 2 is 2.16 bits per heavy atom. The van der Waals surface area contributed by atoms with Crippen molar-refractivity contribution < 1.29 is 0 Å². The summed E-state index contributed by atoms with van der Waals surface area (Å²) in [7, 11) is 0. The van der Waals surface area contributed by atoms with Crippen molar-refractivity contribution in [3.8, 4) is 0 Å². The Labute approximate surface area is 116 Å². The lowest BCUT2D eigenvalue weighted by Crippen LogP contribution is -2.04. The van der Waals surface area contributed by atoms with Gasteiger partial charge in [0.25, 0.3) is 0 Å². The summed E-state index contributed by atoms with van der Waals surface area (Å²) in [4.78, 5) is 4.69. The molecule has 19 heavy (non-hydrogen) atoms. The van der Waals surface area contributed by atoms with Crippen LogP contribution in [0.1, 0.15) is 23.9 Å². The third-order valence-corrected chi connectivity index (χ3v) is 4.37. The summed E-state index contributed by atoms with van der Waals surface area (Å²) >= 11 is 1.76. The number of thiophene rings is 1. The van der Waals surface area contributed by atoms with Crippen molar-refractivity contribution in [1.29, 1.82) is 0 Å². The molecular formula is C15H17N3S. The zero-order valence-corrected chi connectivity index (χ0v) is 12.0. The summed E-state index contributed by atoms with van der Waals surface area (Å²) in [5.41, 5.74) is 11.5. The third-order valence-electron chi connectivity index (χ3n) is 3.46. The maximum Gasteiger partial charge on any atom is 0.109 e. The molecule has 0 aliphatic rings. The number of anilines is 1. The van der Waals surface area contributed by atoms with E-state index >= 15 is 0 Å². The average molecular weight is 271 g/mol. The molecule has 0 amide bonds. The molecule has 0 aliphatic heterocycles. The number of imidazole rings is 1. The van der Waals surface area contributed by atoms with Gasteiger partial charge < -0.3 is 10.3 Å². The van der Waals surface area contributed by atoms with E-state index in [4.69, 9.17) is 5.73 Å². The third kappa shape index (κ3) is 2.12. The van der Waals surface area contributed by atoms with Gasteiger partial charge in [-0.3, -0.25) is 0 Å². The molecule has 0 saturated carbocycles. The van der Waals surface area contributed by atoms with E-state index in [2.05, 4.69) is 40.2 Å². The van der Waals surface area contributed by atoms with Gasteiger partial charge in [-0.15, -0.1) is 0 Å². The lowest BCUT2D eigenvalue weighted by Gasteiger charge is -2.08. The largest absolute Gasteiger partial charge is 0.399 e. The number of hydrogen-bond acceptors (Lipinski definition) is 3. The minimum Gasteiger partial charge on any atom is -0.399 e. The van der Waals surface area contributed by atoms with Gasteiger partial charge in [-0.05, 0) is 47.0 Å². The zero-order chi connectivity index (χ0) is 13.4. The Morgan fingerprint density at radius 1 is 1.32 bits per heavy atom. The van der Waals surface area contributed by atoms with Crippen molar-refractivity contribution in [2.75, 3.05) is 5.73 Å². The summed E-state index contributed by atoms with van der Waals surface area (Å²) < 4.78 is 2.30. The molecule has 0 fully saturated rings. The molecule has 3 rings (SSSR count). The molecule has 0 unspecified atom stereocenters. The predicted molar refractivity (Wildman–Crippen MR) is 81.7 cm³/mol. The highest BCUT2D eigenvalue weighted by atomic mass is 32.1. The number of nitrogen functional groups attached to an aromatic ring is 1. The molecule has 2 heterocycles. The maximum absolute atomic E-state index is 5.84. The SMILES string of the molecule is CCc1nc2cc(N)ccc2n1Cc1cscc1C. The second kappa shape index (κ2) is 4.70. The number of fused-ring (bicyclic) bond motifs is 1. The molecule has 98 valence electrons. The molecule has 1 aromatic carbocycles. The summed E-state index contributed by atoms with van der Waals surface area (Å²) in [6, 6.07) is 5.96. The molecule has 2 N–H and O–H groups in total. The van der Waals surface area contributed by atoms with Gasteiger partial charge in [0.05, 0.1) is 17.6 Å². The Kier molecular flexibility index (Phi) is 3.03. The molecule has 0 aliphatic carbocycles. The fraction of sp³-hybridized carbons (Fsp3) is 0.267. The number of hydrogen-bond donors (Lipinski definition) is 1. The monoisotopic (exact) mass is 271 g/mol.